The van der Waals surface area contributed by atoms with Gasteiger partial charge in [0.25, 0.3) is 0 Å². The molecule has 2 aliphatic heterocycles. The van der Waals surface area contributed by atoms with Crippen molar-refractivity contribution in [2.24, 2.45) is 17.8 Å². The zero-order valence-electron chi connectivity index (χ0n) is 15.5. The first-order chi connectivity index (χ1) is 12.6. The van der Waals surface area contributed by atoms with E-state index in [0.717, 1.165) is 24.3 Å². The zero-order valence-corrected chi connectivity index (χ0v) is 16.2. The number of halogens is 1. The Morgan fingerprint density at radius 3 is 2.38 bits per heavy atom. The molecule has 1 aromatic carbocycles. The van der Waals surface area contributed by atoms with Crippen molar-refractivity contribution in [1.29, 1.82) is 0 Å². The molecule has 2 saturated carbocycles. The van der Waals surface area contributed by atoms with Crippen LogP contribution in [0.2, 0.25) is 5.02 Å². The molecule has 0 radical (unpaired) electrons. The highest BCUT2D eigenvalue weighted by molar-refractivity contribution is 6.32. The fourth-order valence-corrected chi connectivity index (χ4v) is 5.64. The van der Waals surface area contributed by atoms with E-state index in [0.29, 0.717) is 34.8 Å². The fraction of sp³-hybridized carbons (Fsp3) is 0.650. The maximum absolute atomic E-state index is 12.7. The highest BCUT2D eigenvalue weighted by Gasteiger charge is 2.42. The zero-order chi connectivity index (χ0) is 18.3. The number of nitrogens with one attached hydrogen (secondary N) is 1. The normalized spacial score (nSPS) is 30.1. The van der Waals surface area contributed by atoms with Crippen molar-refractivity contribution < 1.29 is 14.3 Å². The maximum Gasteiger partial charge on any atom is 0.238 e. The molecule has 5 rings (SSSR count). The number of benzene rings is 1. The highest BCUT2D eigenvalue weighted by Crippen LogP contribution is 2.47. The molecule has 1 aromatic rings. The lowest BCUT2D eigenvalue weighted by Gasteiger charge is -2.39. The molecular weight excluding hydrogens is 352 g/mol. The van der Waals surface area contributed by atoms with Gasteiger partial charge in [0.05, 0.1) is 31.5 Å². The SMILES string of the molecule is COc1cc(NC(=O)CN2CC3CC4CC(C3)CC2C4)c(OC)cc1Cl. The van der Waals surface area contributed by atoms with Crippen molar-refractivity contribution in [2.75, 3.05) is 32.6 Å². The lowest BCUT2D eigenvalue weighted by molar-refractivity contribution is -0.118. The quantitative estimate of drug-likeness (QED) is 0.846. The number of methoxy groups -OCH3 is 2. The van der Waals surface area contributed by atoms with Gasteiger partial charge in [-0.3, -0.25) is 9.69 Å². The Morgan fingerprint density at radius 1 is 1.08 bits per heavy atom. The van der Waals surface area contributed by atoms with Gasteiger partial charge in [0.2, 0.25) is 5.91 Å². The van der Waals surface area contributed by atoms with Gasteiger partial charge >= 0.3 is 0 Å². The Labute approximate surface area is 160 Å². The van der Waals surface area contributed by atoms with Gasteiger partial charge < -0.3 is 14.8 Å². The smallest absolute Gasteiger partial charge is 0.238 e. The molecule has 1 N–H and O–H groups in total. The van der Waals surface area contributed by atoms with Crippen molar-refractivity contribution in [2.45, 2.75) is 38.1 Å². The van der Waals surface area contributed by atoms with E-state index in [-0.39, 0.29) is 5.91 Å². The van der Waals surface area contributed by atoms with Crippen molar-refractivity contribution in [3.8, 4) is 11.5 Å². The first kappa shape index (κ1) is 17.9. The molecule has 4 aliphatic rings. The van der Waals surface area contributed by atoms with Gasteiger partial charge in [0.1, 0.15) is 11.5 Å². The molecular formula is C20H27ClN2O3. The predicted molar refractivity (Wildman–Crippen MR) is 102 cm³/mol. The molecule has 2 heterocycles. The van der Waals surface area contributed by atoms with E-state index in [1.165, 1.54) is 32.1 Å². The number of rotatable bonds is 5. The van der Waals surface area contributed by atoms with Crippen LogP contribution in [0.1, 0.15) is 32.1 Å². The molecule has 4 fully saturated rings. The summed E-state index contributed by atoms with van der Waals surface area (Å²) in [7, 11) is 3.13. The first-order valence-electron chi connectivity index (χ1n) is 9.51. The third-order valence-corrected chi connectivity index (χ3v) is 6.61. The summed E-state index contributed by atoms with van der Waals surface area (Å²) in [6.45, 7) is 1.50. The molecule has 2 unspecified atom stereocenters. The Hall–Kier alpha value is -1.46. The number of carbonyl (C=O) groups excluding carboxylic acids is 1. The van der Waals surface area contributed by atoms with Gasteiger partial charge in [-0.05, 0) is 49.9 Å². The number of hydrogen-bond donors (Lipinski definition) is 1. The van der Waals surface area contributed by atoms with Crippen molar-refractivity contribution in [3.63, 3.8) is 0 Å². The minimum absolute atomic E-state index is 0.00565. The Balaban J connectivity index is 1.46. The van der Waals surface area contributed by atoms with Crippen LogP contribution in [0.3, 0.4) is 0 Å². The summed E-state index contributed by atoms with van der Waals surface area (Å²) in [5.74, 6) is 3.59. The Morgan fingerprint density at radius 2 is 1.73 bits per heavy atom. The summed E-state index contributed by atoms with van der Waals surface area (Å²) < 4.78 is 10.6. The summed E-state index contributed by atoms with van der Waals surface area (Å²) >= 11 is 6.14. The van der Waals surface area contributed by atoms with Gasteiger partial charge in [-0.1, -0.05) is 11.6 Å². The lowest BCUT2D eigenvalue weighted by Crippen LogP contribution is -2.42. The Bertz CT molecular complexity index is 682. The molecule has 2 saturated heterocycles. The minimum atomic E-state index is -0.00565. The molecule has 0 spiro atoms. The molecule has 4 bridgehead atoms. The number of ether oxygens (including phenoxy) is 2. The number of fused-ring (bicyclic) bond motifs is 1. The third kappa shape index (κ3) is 3.52. The third-order valence-electron chi connectivity index (χ3n) is 6.31. The molecule has 26 heavy (non-hydrogen) atoms. The predicted octanol–water partition coefficient (Wildman–Crippen LogP) is 3.81. The van der Waals surface area contributed by atoms with E-state index >= 15 is 0 Å². The average molecular weight is 379 g/mol. The number of hydrogen-bond acceptors (Lipinski definition) is 4. The monoisotopic (exact) mass is 378 g/mol. The van der Waals surface area contributed by atoms with E-state index in [9.17, 15) is 4.79 Å². The van der Waals surface area contributed by atoms with Crippen LogP contribution in [0, 0.1) is 17.8 Å². The van der Waals surface area contributed by atoms with Crippen LogP contribution in [0.4, 0.5) is 5.69 Å². The van der Waals surface area contributed by atoms with E-state index < -0.39 is 0 Å². The van der Waals surface area contributed by atoms with E-state index in [1.807, 2.05) is 0 Å². The van der Waals surface area contributed by atoms with Crippen LogP contribution in [0.15, 0.2) is 12.1 Å². The second kappa shape index (κ2) is 7.28. The van der Waals surface area contributed by atoms with Crippen molar-refractivity contribution >= 4 is 23.2 Å². The second-order valence-corrected chi connectivity index (χ2v) is 8.50. The van der Waals surface area contributed by atoms with Gasteiger partial charge in [-0.15, -0.1) is 0 Å². The minimum Gasteiger partial charge on any atom is -0.495 e. The van der Waals surface area contributed by atoms with Crippen LogP contribution >= 0.6 is 11.6 Å². The van der Waals surface area contributed by atoms with Gasteiger partial charge in [0.15, 0.2) is 0 Å². The first-order valence-corrected chi connectivity index (χ1v) is 9.89. The Kier molecular flexibility index (Phi) is 5.02. The maximum atomic E-state index is 12.7. The molecule has 5 nitrogen and oxygen atoms in total. The summed E-state index contributed by atoms with van der Waals surface area (Å²) in [5.41, 5.74) is 0.597. The summed E-state index contributed by atoms with van der Waals surface area (Å²) in [5, 5.41) is 3.45. The second-order valence-electron chi connectivity index (χ2n) is 8.10. The largest absolute Gasteiger partial charge is 0.495 e. The summed E-state index contributed by atoms with van der Waals surface area (Å²) in [4.78, 5) is 15.2. The molecule has 0 aromatic heterocycles. The number of amides is 1. The summed E-state index contributed by atoms with van der Waals surface area (Å²) in [6, 6.07) is 3.95. The number of carbonyl (C=O) groups is 1. The van der Waals surface area contributed by atoms with Gasteiger partial charge in [-0.2, -0.15) is 0 Å². The van der Waals surface area contributed by atoms with Crippen LogP contribution in [-0.2, 0) is 4.79 Å². The molecule has 142 valence electrons. The van der Waals surface area contributed by atoms with Crippen LogP contribution in [-0.4, -0.2) is 44.2 Å². The van der Waals surface area contributed by atoms with Crippen LogP contribution in [0.5, 0.6) is 11.5 Å². The number of anilines is 1. The van der Waals surface area contributed by atoms with Crippen molar-refractivity contribution in [1.82, 2.24) is 4.90 Å². The fourth-order valence-electron chi connectivity index (χ4n) is 5.41. The van der Waals surface area contributed by atoms with E-state index in [1.54, 1.807) is 26.4 Å². The van der Waals surface area contributed by atoms with E-state index in [2.05, 4.69) is 10.2 Å². The molecule has 2 aliphatic carbocycles. The topological polar surface area (TPSA) is 50.8 Å². The average Bonchev–Trinajstić information content (AvgIpc) is 2.79. The van der Waals surface area contributed by atoms with Crippen LogP contribution in [0.25, 0.3) is 0 Å². The van der Waals surface area contributed by atoms with Crippen molar-refractivity contribution in [3.05, 3.63) is 17.2 Å². The highest BCUT2D eigenvalue weighted by atomic mass is 35.5. The van der Waals surface area contributed by atoms with Crippen LogP contribution < -0.4 is 14.8 Å². The lowest BCUT2D eigenvalue weighted by atomic mass is 9.68. The van der Waals surface area contributed by atoms with Gasteiger partial charge in [0, 0.05) is 24.7 Å². The number of nitrogens with zero attached hydrogens (tertiary/aromatic N) is 1. The molecule has 6 heteroatoms. The van der Waals surface area contributed by atoms with Gasteiger partial charge in [-0.25, -0.2) is 0 Å². The molecule has 1 amide bonds. The standard InChI is InChI=1S/C20H27ClN2O3/c1-25-18-9-17(19(26-2)8-16(18)21)22-20(24)11-23-10-14-4-12-3-13(5-14)7-15(23)6-12/h8-9,12-15H,3-7,10-11H2,1-2H3,(H,22,24). The van der Waals surface area contributed by atoms with E-state index in [4.69, 9.17) is 21.1 Å². The summed E-state index contributed by atoms with van der Waals surface area (Å²) in [6.07, 6.45) is 6.65. The molecule has 2 atom stereocenters.